The highest BCUT2D eigenvalue weighted by molar-refractivity contribution is 5.84. The van der Waals surface area contributed by atoms with Gasteiger partial charge in [0.25, 0.3) is 0 Å². The second-order valence-corrected chi connectivity index (χ2v) is 10.2. The molecule has 0 aliphatic rings. The summed E-state index contributed by atoms with van der Waals surface area (Å²) in [5.41, 5.74) is 13.0. The molecule has 4 aromatic carbocycles. The highest BCUT2D eigenvalue weighted by Gasteiger charge is 2.11. The Hall–Kier alpha value is -5.67. The Balaban J connectivity index is 1.38. The molecule has 3 nitrogen and oxygen atoms in total. The van der Waals surface area contributed by atoms with Crippen LogP contribution in [-0.4, -0.2) is 15.0 Å². The average molecular weight is 538 g/mol. The van der Waals surface area contributed by atoms with Crippen molar-refractivity contribution < 1.29 is 0 Å². The summed E-state index contributed by atoms with van der Waals surface area (Å²) in [6.45, 7) is 0. The van der Waals surface area contributed by atoms with Gasteiger partial charge in [0.05, 0.1) is 17.1 Å². The summed E-state index contributed by atoms with van der Waals surface area (Å²) in [5, 5.41) is 0. The number of hydrogen-bond acceptors (Lipinski definition) is 3. The minimum Gasteiger partial charge on any atom is -0.256 e. The van der Waals surface area contributed by atoms with Crippen LogP contribution in [0.1, 0.15) is 0 Å². The van der Waals surface area contributed by atoms with E-state index in [0.29, 0.717) is 0 Å². The van der Waals surface area contributed by atoms with E-state index in [2.05, 4.69) is 106 Å². The van der Waals surface area contributed by atoms with E-state index in [9.17, 15) is 0 Å². The largest absolute Gasteiger partial charge is 0.256 e. The van der Waals surface area contributed by atoms with Crippen LogP contribution in [0.2, 0.25) is 0 Å². The summed E-state index contributed by atoms with van der Waals surface area (Å²) in [5.74, 6) is 0. The highest BCUT2D eigenvalue weighted by Crippen LogP contribution is 2.36. The van der Waals surface area contributed by atoms with Gasteiger partial charge < -0.3 is 0 Å². The molecule has 42 heavy (non-hydrogen) atoms. The first kappa shape index (κ1) is 25.3. The van der Waals surface area contributed by atoms with Crippen LogP contribution in [0.4, 0.5) is 0 Å². The minimum atomic E-state index is 0.960. The average Bonchev–Trinajstić information content (AvgIpc) is 3.09. The molecule has 0 amide bonds. The summed E-state index contributed by atoms with van der Waals surface area (Å²) >= 11 is 0. The lowest BCUT2D eigenvalue weighted by Gasteiger charge is -2.14. The van der Waals surface area contributed by atoms with Gasteiger partial charge in [0.15, 0.2) is 0 Å². The molecular formula is C39H27N3. The number of aromatic nitrogens is 3. The Morgan fingerprint density at radius 1 is 0.238 bits per heavy atom. The standard InChI is InChI=1S/C39H27N3/c1-4-19-40-37(16-1)31-13-7-10-28(22-31)34-25-35(29-11-8-14-32(23-29)38-17-2-5-20-41-38)27-36(26-34)30-12-9-15-33(24-30)39-18-3-6-21-42-39/h1-27H. The lowest BCUT2D eigenvalue weighted by molar-refractivity contribution is 1.33. The maximum atomic E-state index is 4.58. The number of pyridine rings is 3. The molecule has 3 heterocycles. The van der Waals surface area contributed by atoms with Crippen molar-refractivity contribution >= 4 is 0 Å². The lowest BCUT2D eigenvalue weighted by atomic mass is 9.91. The molecule has 3 heteroatoms. The summed E-state index contributed by atoms with van der Waals surface area (Å²) in [6.07, 6.45) is 5.51. The van der Waals surface area contributed by atoms with Crippen LogP contribution in [0.15, 0.2) is 164 Å². The predicted octanol–water partition coefficient (Wildman–Crippen LogP) is 9.87. The molecule has 7 rings (SSSR count). The molecule has 0 bridgehead atoms. The van der Waals surface area contributed by atoms with Gasteiger partial charge in [-0.05, 0) is 106 Å². The van der Waals surface area contributed by atoms with E-state index < -0.39 is 0 Å². The third-order valence-corrected chi connectivity index (χ3v) is 7.40. The van der Waals surface area contributed by atoms with Crippen molar-refractivity contribution in [3.05, 3.63) is 164 Å². The fraction of sp³-hybridized carbons (Fsp3) is 0. The maximum absolute atomic E-state index is 4.58. The van der Waals surface area contributed by atoms with Crippen molar-refractivity contribution in [1.29, 1.82) is 0 Å². The summed E-state index contributed by atoms with van der Waals surface area (Å²) in [4.78, 5) is 13.7. The SMILES string of the molecule is c1ccc(-c2cccc(-c3cc(-c4cccc(-c5ccccn5)c4)cc(-c4cccc(-c5ccccn5)c4)c3)c2)nc1. The van der Waals surface area contributed by atoms with E-state index in [-0.39, 0.29) is 0 Å². The van der Waals surface area contributed by atoms with E-state index in [0.717, 1.165) is 67.2 Å². The first-order valence-corrected chi connectivity index (χ1v) is 14.0. The van der Waals surface area contributed by atoms with E-state index in [4.69, 9.17) is 0 Å². The van der Waals surface area contributed by atoms with E-state index in [1.54, 1.807) is 0 Å². The van der Waals surface area contributed by atoms with Gasteiger partial charge >= 0.3 is 0 Å². The smallest absolute Gasteiger partial charge is 0.0702 e. The molecule has 0 aliphatic carbocycles. The van der Waals surface area contributed by atoms with Crippen LogP contribution in [0.3, 0.4) is 0 Å². The van der Waals surface area contributed by atoms with Gasteiger partial charge in [0.1, 0.15) is 0 Å². The van der Waals surface area contributed by atoms with Gasteiger partial charge in [-0.3, -0.25) is 15.0 Å². The van der Waals surface area contributed by atoms with Gasteiger partial charge in [-0.2, -0.15) is 0 Å². The molecule has 0 saturated heterocycles. The number of nitrogens with zero attached hydrogens (tertiary/aromatic N) is 3. The van der Waals surface area contributed by atoms with E-state index in [1.165, 1.54) is 0 Å². The third-order valence-electron chi connectivity index (χ3n) is 7.40. The van der Waals surface area contributed by atoms with Crippen LogP contribution in [0, 0.1) is 0 Å². The maximum Gasteiger partial charge on any atom is 0.0702 e. The number of benzene rings is 4. The molecular weight excluding hydrogens is 510 g/mol. The monoisotopic (exact) mass is 537 g/mol. The van der Waals surface area contributed by atoms with Crippen molar-refractivity contribution in [1.82, 2.24) is 15.0 Å². The Labute approximate surface area is 245 Å². The molecule has 0 spiro atoms. The molecule has 3 aromatic heterocycles. The second-order valence-electron chi connectivity index (χ2n) is 10.2. The number of rotatable bonds is 6. The third kappa shape index (κ3) is 5.36. The first-order valence-electron chi connectivity index (χ1n) is 14.0. The van der Waals surface area contributed by atoms with Crippen molar-refractivity contribution in [3.63, 3.8) is 0 Å². The molecule has 0 atom stereocenters. The van der Waals surface area contributed by atoms with Gasteiger partial charge in [-0.15, -0.1) is 0 Å². The van der Waals surface area contributed by atoms with Crippen LogP contribution < -0.4 is 0 Å². The highest BCUT2D eigenvalue weighted by atomic mass is 14.7. The van der Waals surface area contributed by atoms with Gasteiger partial charge in [-0.1, -0.05) is 72.8 Å². The Morgan fingerprint density at radius 3 is 0.810 bits per heavy atom. The molecule has 0 radical (unpaired) electrons. The van der Waals surface area contributed by atoms with E-state index >= 15 is 0 Å². The zero-order valence-corrected chi connectivity index (χ0v) is 22.9. The molecule has 0 fully saturated rings. The van der Waals surface area contributed by atoms with Crippen molar-refractivity contribution in [2.45, 2.75) is 0 Å². The molecule has 0 aliphatic heterocycles. The summed E-state index contributed by atoms with van der Waals surface area (Å²) in [6, 6.07) is 50.7. The molecule has 0 N–H and O–H groups in total. The fourth-order valence-corrected chi connectivity index (χ4v) is 5.30. The Bertz CT molecular complexity index is 1720. The molecule has 0 saturated carbocycles. The van der Waals surface area contributed by atoms with Gasteiger partial charge in [0.2, 0.25) is 0 Å². The van der Waals surface area contributed by atoms with Gasteiger partial charge in [-0.25, -0.2) is 0 Å². The lowest BCUT2D eigenvalue weighted by Crippen LogP contribution is -1.89. The minimum absolute atomic E-state index is 0.960. The second kappa shape index (κ2) is 11.4. The Kier molecular flexibility index (Phi) is 6.89. The normalized spacial score (nSPS) is 10.9. The van der Waals surface area contributed by atoms with Crippen LogP contribution in [0.5, 0.6) is 0 Å². The summed E-state index contributed by atoms with van der Waals surface area (Å²) < 4.78 is 0. The van der Waals surface area contributed by atoms with Crippen molar-refractivity contribution in [2.75, 3.05) is 0 Å². The van der Waals surface area contributed by atoms with Crippen molar-refractivity contribution in [3.8, 4) is 67.2 Å². The topological polar surface area (TPSA) is 38.7 Å². The predicted molar refractivity (Wildman–Crippen MR) is 172 cm³/mol. The Morgan fingerprint density at radius 2 is 0.524 bits per heavy atom. The van der Waals surface area contributed by atoms with Crippen LogP contribution >= 0.6 is 0 Å². The zero-order chi connectivity index (χ0) is 28.1. The number of hydrogen-bond donors (Lipinski definition) is 0. The van der Waals surface area contributed by atoms with Gasteiger partial charge in [0, 0.05) is 35.3 Å². The molecule has 0 unspecified atom stereocenters. The van der Waals surface area contributed by atoms with E-state index in [1.807, 2.05) is 73.2 Å². The zero-order valence-electron chi connectivity index (χ0n) is 22.9. The molecule has 7 aromatic rings. The van der Waals surface area contributed by atoms with Crippen LogP contribution in [-0.2, 0) is 0 Å². The first-order chi connectivity index (χ1) is 20.8. The van der Waals surface area contributed by atoms with Crippen LogP contribution in [0.25, 0.3) is 67.2 Å². The fourth-order valence-electron chi connectivity index (χ4n) is 5.30. The van der Waals surface area contributed by atoms with Crippen molar-refractivity contribution in [2.24, 2.45) is 0 Å². The molecule has 198 valence electrons. The summed E-state index contributed by atoms with van der Waals surface area (Å²) in [7, 11) is 0. The quantitative estimate of drug-likeness (QED) is 0.212.